The van der Waals surface area contributed by atoms with Crippen molar-refractivity contribution in [2.45, 2.75) is 78.8 Å². The van der Waals surface area contributed by atoms with E-state index in [1.54, 1.807) is 0 Å². The molecular weight excluding hydrogens is 232 g/mol. The standard InChI is InChI=1S/C17H36N2/c1-6-17(7-2)18-13-15(5)19-11-8-9-16(10-12-19)14(3)4/h14-18H,6-13H2,1-5H3. The van der Waals surface area contributed by atoms with Crippen LogP contribution in [0.4, 0.5) is 0 Å². The van der Waals surface area contributed by atoms with Crippen LogP contribution in [0.15, 0.2) is 0 Å². The van der Waals surface area contributed by atoms with Crippen molar-refractivity contribution in [1.82, 2.24) is 10.2 Å². The van der Waals surface area contributed by atoms with Crippen LogP contribution in [0.1, 0.15) is 66.7 Å². The molecule has 1 N–H and O–H groups in total. The van der Waals surface area contributed by atoms with Gasteiger partial charge in [-0.15, -0.1) is 0 Å². The minimum atomic E-state index is 0.687. The van der Waals surface area contributed by atoms with E-state index in [1.165, 1.54) is 45.2 Å². The zero-order valence-corrected chi connectivity index (χ0v) is 13.9. The first-order chi connectivity index (χ1) is 9.08. The van der Waals surface area contributed by atoms with E-state index in [-0.39, 0.29) is 0 Å². The van der Waals surface area contributed by atoms with E-state index in [1.807, 2.05) is 0 Å². The van der Waals surface area contributed by atoms with Crippen molar-refractivity contribution in [3.8, 4) is 0 Å². The van der Waals surface area contributed by atoms with Crippen LogP contribution in [-0.4, -0.2) is 36.6 Å². The van der Waals surface area contributed by atoms with Gasteiger partial charge >= 0.3 is 0 Å². The lowest BCUT2D eigenvalue weighted by Crippen LogP contribution is -2.43. The summed E-state index contributed by atoms with van der Waals surface area (Å²) in [5.74, 6) is 1.81. The second-order valence-electron chi connectivity index (χ2n) is 6.74. The topological polar surface area (TPSA) is 15.3 Å². The molecule has 2 atom stereocenters. The van der Waals surface area contributed by atoms with Crippen molar-refractivity contribution in [2.75, 3.05) is 19.6 Å². The van der Waals surface area contributed by atoms with Gasteiger partial charge in [0.25, 0.3) is 0 Å². The molecule has 2 nitrogen and oxygen atoms in total. The largest absolute Gasteiger partial charge is 0.312 e. The molecule has 1 rings (SSSR count). The van der Waals surface area contributed by atoms with Gasteiger partial charge in [-0.2, -0.15) is 0 Å². The molecule has 0 aromatic rings. The third kappa shape index (κ3) is 5.83. The molecule has 1 saturated heterocycles. The van der Waals surface area contributed by atoms with E-state index in [0.29, 0.717) is 12.1 Å². The van der Waals surface area contributed by atoms with E-state index in [4.69, 9.17) is 0 Å². The fourth-order valence-electron chi connectivity index (χ4n) is 3.30. The highest BCUT2D eigenvalue weighted by molar-refractivity contribution is 4.78. The number of nitrogens with zero attached hydrogens (tertiary/aromatic N) is 1. The summed E-state index contributed by atoms with van der Waals surface area (Å²) in [5, 5.41) is 3.73. The van der Waals surface area contributed by atoms with E-state index in [2.05, 4.69) is 44.8 Å². The van der Waals surface area contributed by atoms with Crippen LogP contribution in [0.3, 0.4) is 0 Å². The summed E-state index contributed by atoms with van der Waals surface area (Å²) in [5.41, 5.74) is 0. The van der Waals surface area contributed by atoms with Crippen LogP contribution in [0.2, 0.25) is 0 Å². The van der Waals surface area contributed by atoms with Crippen molar-refractivity contribution >= 4 is 0 Å². The van der Waals surface area contributed by atoms with Gasteiger partial charge < -0.3 is 5.32 Å². The molecule has 0 amide bonds. The van der Waals surface area contributed by atoms with Crippen molar-refractivity contribution in [3.05, 3.63) is 0 Å². The summed E-state index contributed by atoms with van der Waals surface area (Å²) >= 11 is 0. The second kappa shape index (κ2) is 8.97. The Morgan fingerprint density at radius 3 is 2.32 bits per heavy atom. The lowest BCUT2D eigenvalue weighted by molar-refractivity contribution is 0.201. The molecule has 114 valence electrons. The Balaban J connectivity index is 2.34. The average molecular weight is 268 g/mol. The summed E-state index contributed by atoms with van der Waals surface area (Å²) in [6.45, 7) is 15.5. The van der Waals surface area contributed by atoms with Gasteiger partial charge in [0.2, 0.25) is 0 Å². The number of hydrogen-bond donors (Lipinski definition) is 1. The van der Waals surface area contributed by atoms with Gasteiger partial charge in [0.15, 0.2) is 0 Å². The van der Waals surface area contributed by atoms with Crippen molar-refractivity contribution in [1.29, 1.82) is 0 Å². The summed E-state index contributed by atoms with van der Waals surface area (Å²) in [7, 11) is 0. The minimum absolute atomic E-state index is 0.687. The number of likely N-dealkylation sites (tertiary alicyclic amines) is 1. The SMILES string of the molecule is CCC(CC)NCC(C)N1CCCC(C(C)C)CC1. The average Bonchev–Trinajstić information content (AvgIpc) is 2.65. The van der Waals surface area contributed by atoms with Crippen molar-refractivity contribution < 1.29 is 0 Å². The maximum Gasteiger partial charge on any atom is 0.0192 e. The molecule has 0 saturated carbocycles. The van der Waals surface area contributed by atoms with Gasteiger partial charge in [-0.25, -0.2) is 0 Å². The molecule has 0 bridgehead atoms. The minimum Gasteiger partial charge on any atom is -0.312 e. The zero-order chi connectivity index (χ0) is 14.3. The summed E-state index contributed by atoms with van der Waals surface area (Å²) in [4.78, 5) is 2.71. The van der Waals surface area contributed by atoms with Gasteiger partial charge in [-0.1, -0.05) is 27.7 Å². The predicted molar refractivity (Wildman–Crippen MR) is 85.6 cm³/mol. The fourth-order valence-corrected chi connectivity index (χ4v) is 3.30. The van der Waals surface area contributed by atoms with Gasteiger partial charge in [0.05, 0.1) is 0 Å². The molecule has 0 aromatic heterocycles. The zero-order valence-electron chi connectivity index (χ0n) is 13.9. The first-order valence-corrected chi connectivity index (χ1v) is 8.55. The summed E-state index contributed by atoms with van der Waals surface area (Å²) in [6, 6.07) is 1.39. The highest BCUT2D eigenvalue weighted by Crippen LogP contribution is 2.25. The molecule has 0 aliphatic carbocycles. The van der Waals surface area contributed by atoms with Crippen LogP contribution in [0.25, 0.3) is 0 Å². The van der Waals surface area contributed by atoms with Crippen LogP contribution in [0, 0.1) is 11.8 Å². The molecule has 0 radical (unpaired) electrons. The van der Waals surface area contributed by atoms with E-state index < -0.39 is 0 Å². The van der Waals surface area contributed by atoms with Crippen LogP contribution >= 0.6 is 0 Å². The Morgan fingerprint density at radius 2 is 1.74 bits per heavy atom. The molecule has 1 heterocycles. The summed E-state index contributed by atoms with van der Waals surface area (Å²) < 4.78 is 0. The lowest BCUT2D eigenvalue weighted by atomic mass is 9.89. The van der Waals surface area contributed by atoms with E-state index in [9.17, 15) is 0 Å². The maximum absolute atomic E-state index is 3.73. The fraction of sp³-hybridized carbons (Fsp3) is 1.00. The second-order valence-corrected chi connectivity index (χ2v) is 6.74. The monoisotopic (exact) mass is 268 g/mol. The number of nitrogens with one attached hydrogen (secondary N) is 1. The summed E-state index contributed by atoms with van der Waals surface area (Å²) in [6.07, 6.45) is 6.71. The molecule has 1 aliphatic heterocycles. The highest BCUT2D eigenvalue weighted by atomic mass is 15.2. The molecule has 1 aliphatic rings. The lowest BCUT2D eigenvalue weighted by Gasteiger charge is -2.29. The first kappa shape index (κ1) is 17.0. The van der Waals surface area contributed by atoms with Gasteiger partial charge in [-0.05, 0) is 64.0 Å². The molecule has 0 spiro atoms. The third-order valence-electron chi connectivity index (χ3n) is 5.06. The highest BCUT2D eigenvalue weighted by Gasteiger charge is 2.22. The van der Waals surface area contributed by atoms with Crippen LogP contribution < -0.4 is 5.32 Å². The maximum atomic E-state index is 3.73. The van der Waals surface area contributed by atoms with Gasteiger partial charge in [0, 0.05) is 18.6 Å². The quantitative estimate of drug-likeness (QED) is 0.753. The first-order valence-electron chi connectivity index (χ1n) is 8.55. The van der Waals surface area contributed by atoms with E-state index in [0.717, 1.165) is 18.4 Å². The molecule has 0 aromatic carbocycles. The Kier molecular flexibility index (Phi) is 8.01. The Morgan fingerprint density at radius 1 is 1.05 bits per heavy atom. The molecular formula is C17H36N2. The van der Waals surface area contributed by atoms with Crippen LogP contribution in [-0.2, 0) is 0 Å². The molecule has 19 heavy (non-hydrogen) atoms. The van der Waals surface area contributed by atoms with Gasteiger partial charge in [0.1, 0.15) is 0 Å². The van der Waals surface area contributed by atoms with E-state index >= 15 is 0 Å². The van der Waals surface area contributed by atoms with Crippen molar-refractivity contribution in [3.63, 3.8) is 0 Å². The van der Waals surface area contributed by atoms with Crippen molar-refractivity contribution in [2.24, 2.45) is 11.8 Å². The predicted octanol–water partition coefficient (Wildman–Crippen LogP) is 3.91. The Labute approximate surface area is 121 Å². The molecule has 1 fully saturated rings. The number of hydrogen-bond acceptors (Lipinski definition) is 2. The smallest absolute Gasteiger partial charge is 0.0192 e. The normalized spacial score (nSPS) is 23.8. The van der Waals surface area contributed by atoms with Crippen LogP contribution in [0.5, 0.6) is 0 Å². The third-order valence-corrected chi connectivity index (χ3v) is 5.06. The Hall–Kier alpha value is -0.0800. The molecule has 2 unspecified atom stereocenters. The number of rotatable bonds is 7. The Bertz CT molecular complexity index is 223. The molecule has 2 heteroatoms. The van der Waals surface area contributed by atoms with Gasteiger partial charge in [-0.3, -0.25) is 4.90 Å².